The Bertz CT molecular complexity index is 819. The first-order valence-corrected chi connectivity index (χ1v) is 9.44. The number of amides is 1. The molecule has 2 saturated heterocycles. The van der Waals surface area contributed by atoms with E-state index in [-0.39, 0.29) is 5.91 Å². The van der Waals surface area contributed by atoms with Gasteiger partial charge in [0.15, 0.2) is 5.82 Å². The zero-order chi connectivity index (χ0) is 19.3. The lowest BCUT2D eigenvalue weighted by Crippen LogP contribution is -2.49. The highest BCUT2D eigenvalue weighted by molar-refractivity contribution is 5.94. The van der Waals surface area contributed by atoms with E-state index in [2.05, 4.69) is 31.0 Å². The Balaban J connectivity index is 1.39. The fourth-order valence-electron chi connectivity index (χ4n) is 3.47. The molecule has 9 heteroatoms. The second kappa shape index (κ2) is 8.39. The maximum atomic E-state index is 12.7. The molecule has 28 heavy (non-hydrogen) atoms. The Morgan fingerprint density at radius 2 is 1.86 bits per heavy atom. The van der Waals surface area contributed by atoms with E-state index in [1.54, 1.807) is 31.6 Å². The van der Waals surface area contributed by atoms with Gasteiger partial charge in [-0.15, -0.1) is 5.10 Å². The van der Waals surface area contributed by atoms with Crippen LogP contribution >= 0.6 is 0 Å². The van der Waals surface area contributed by atoms with Gasteiger partial charge in [0.05, 0.1) is 32.2 Å². The van der Waals surface area contributed by atoms with E-state index in [0.29, 0.717) is 24.5 Å². The van der Waals surface area contributed by atoms with Gasteiger partial charge in [-0.3, -0.25) is 4.79 Å². The molecule has 2 aliphatic rings. The van der Waals surface area contributed by atoms with E-state index in [9.17, 15) is 4.79 Å². The van der Waals surface area contributed by atoms with Crippen LogP contribution in [0.1, 0.15) is 10.4 Å². The molecule has 4 rings (SSSR count). The zero-order valence-electron chi connectivity index (χ0n) is 16.0. The lowest BCUT2D eigenvalue weighted by atomic mass is 10.2. The Labute approximate surface area is 163 Å². The average Bonchev–Trinajstić information content (AvgIpc) is 2.79. The number of carbonyl (C=O) groups excluding carboxylic acids is 1. The molecule has 0 aromatic carbocycles. The number of hydrogen-bond donors (Lipinski definition) is 0. The number of rotatable bonds is 4. The van der Waals surface area contributed by atoms with Crippen molar-refractivity contribution < 1.29 is 14.3 Å². The van der Waals surface area contributed by atoms with Crippen LogP contribution in [-0.4, -0.2) is 85.6 Å². The molecule has 2 aliphatic heterocycles. The van der Waals surface area contributed by atoms with Crippen molar-refractivity contribution >= 4 is 17.4 Å². The molecule has 0 bridgehead atoms. The highest BCUT2D eigenvalue weighted by Crippen LogP contribution is 2.21. The normalized spacial score (nSPS) is 17.5. The topological polar surface area (TPSA) is 83.9 Å². The highest BCUT2D eigenvalue weighted by atomic mass is 16.5. The number of pyridine rings is 1. The van der Waals surface area contributed by atoms with Gasteiger partial charge in [-0.05, 0) is 6.07 Å². The molecule has 2 aromatic heterocycles. The fraction of sp³-hybridized carbons (Fsp3) is 0.474. The van der Waals surface area contributed by atoms with Crippen molar-refractivity contribution in [3.63, 3.8) is 0 Å². The van der Waals surface area contributed by atoms with E-state index in [4.69, 9.17) is 9.47 Å². The van der Waals surface area contributed by atoms with Crippen LogP contribution in [-0.2, 0) is 4.74 Å². The number of hydrogen-bond acceptors (Lipinski definition) is 8. The summed E-state index contributed by atoms with van der Waals surface area (Å²) in [5.74, 6) is 1.29. The monoisotopic (exact) mass is 384 g/mol. The minimum Gasteiger partial charge on any atom is -0.481 e. The van der Waals surface area contributed by atoms with Crippen LogP contribution in [0, 0.1) is 0 Å². The van der Waals surface area contributed by atoms with Crippen molar-refractivity contribution in [2.45, 2.75) is 0 Å². The molecule has 0 spiro atoms. The molecule has 2 fully saturated rings. The van der Waals surface area contributed by atoms with Gasteiger partial charge < -0.3 is 24.2 Å². The highest BCUT2D eigenvalue weighted by Gasteiger charge is 2.24. The first-order valence-electron chi connectivity index (χ1n) is 9.44. The van der Waals surface area contributed by atoms with Gasteiger partial charge in [0.2, 0.25) is 5.88 Å². The van der Waals surface area contributed by atoms with Gasteiger partial charge in [-0.2, -0.15) is 5.10 Å². The third kappa shape index (κ3) is 3.99. The minimum absolute atomic E-state index is 0.00602. The number of nitrogens with zero attached hydrogens (tertiary/aromatic N) is 6. The van der Waals surface area contributed by atoms with Crippen molar-refractivity contribution in [1.29, 1.82) is 0 Å². The van der Waals surface area contributed by atoms with E-state index in [1.165, 1.54) is 0 Å². The van der Waals surface area contributed by atoms with Crippen LogP contribution in [0.5, 0.6) is 5.88 Å². The average molecular weight is 384 g/mol. The van der Waals surface area contributed by atoms with Crippen molar-refractivity contribution in [2.75, 3.05) is 69.4 Å². The molecule has 0 aliphatic carbocycles. The third-order valence-electron chi connectivity index (χ3n) is 5.09. The molecule has 9 nitrogen and oxygen atoms in total. The van der Waals surface area contributed by atoms with Crippen molar-refractivity contribution in [2.24, 2.45) is 0 Å². The van der Waals surface area contributed by atoms with E-state index in [0.717, 1.165) is 50.9 Å². The standard InChI is InChI=1S/C19H24N6O3/c1-27-18-12-15(2-3-20-18)19(26)25-6-4-24(5-7-25)17-13-16(14-21-22-17)23-8-10-28-11-9-23/h2-3,12-14H,4-11H2,1H3. The quantitative estimate of drug-likeness (QED) is 0.761. The molecule has 4 heterocycles. The molecule has 1 amide bonds. The molecule has 2 aromatic rings. The largest absolute Gasteiger partial charge is 0.481 e. The van der Waals surface area contributed by atoms with Crippen molar-refractivity contribution in [1.82, 2.24) is 20.1 Å². The van der Waals surface area contributed by atoms with Gasteiger partial charge in [-0.25, -0.2) is 4.98 Å². The van der Waals surface area contributed by atoms with Gasteiger partial charge in [-0.1, -0.05) is 0 Å². The lowest BCUT2D eigenvalue weighted by molar-refractivity contribution is 0.0746. The van der Waals surface area contributed by atoms with E-state index < -0.39 is 0 Å². The number of anilines is 2. The first kappa shape index (κ1) is 18.4. The lowest BCUT2D eigenvalue weighted by Gasteiger charge is -2.36. The van der Waals surface area contributed by atoms with E-state index in [1.807, 2.05) is 4.90 Å². The molecule has 0 saturated carbocycles. The minimum atomic E-state index is -0.00602. The Kier molecular flexibility index (Phi) is 5.52. The van der Waals surface area contributed by atoms with Crippen LogP contribution in [0.2, 0.25) is 0 Å². The molecule has 0 unspecified atom stereocenters. The number of methoxy groups -OCH3 is 1. The summed E-state index contributed by atoms with van der Waals surface area (Å²) < 4.78 is 10.5. The summed E-state index contributed by atoms with van der Waals surface area (Å²) in [5, 5.41) is 8.48. The molecular weight excluding hydrogens is 360 g/mol. The van der Waals surface area contributed by atoms with Gasteiger partial charge in [0.1, 0.15) is 0 Å². The Morgan fingerprint density at radius 1 is 1.07 bits per heavy atom. The number of aromatic nitrogens is 3. The maximum Gasteiger partial charge on any atom is 0.254 e. The molecular formula is C19H24N6O3. The third-order valence-corrected chi connectivity index (χ3v) is 5.09. The van der Waals surface area contributed by atoms with Crippen LogP contribution < -0.4 is 14.5 Å². The van der Waals surface area contributed by atoms with Crippen LogP contribution in [0.3, 0.4) is 0 Å². The van der Waals surface area contributed by atoms with Crippen LogP contribution in [0.4, 0.5) is 11.5 Å². The molecule has 0 radical (unpaired) electrons. The predicted octanol–water partition coefficient (Wildman–Crippen LogP) is 0.679. The predicted molar refractivity (Wildman–Crippen MR) is 104 cm³/mol. The van der Waals surface area contributed by atoms with Gasteiger partial charge >= 0.3 is 0 Å². The number of piperazine rings is 1. The zero-order valence-corrected chi connectivity index (χ0v) is 16.0. The fourth-order valence-corrected chi connectivity index (χ4v) is 3.47. The van der Waals surface area contributed by atoms with Crippen molar-refractivity contribution in [3.05, 3.63) is 36.2 Å². The second-order valence-corrected chi connectivity index (χ2v) is 6.74. The number of morpholine rings is 1. The summed E-state index contributed by atoms with van der Waals surface area (Å²) in [7, 11) is 1.54. The summed E-state index contributed by atoms with van der Waals surface area (Å²) in [4.78, 5) is 23.1. The van der Waals surface area contributed by atoms with E-state index >= 15 is 0 Å². The Morgan fingerprint density at radius 3 is 2.61 bits per heavy atom. The van der Waals surface area contributed by atoms with Crippen LogP contribution in [0.25, 0.3) is 0 Å². The van der Waals surface area contributed by atoms with Crippen molar-refractivity contribution in [3.8, 4) is 5.88 Å². The smallest absolute Gasteiger partial charge is 0.254 e. The number of ether oxygens (including phenoxy) is 2. The summed E-state index contributed by atoms with van der Waals surface area (Å²) in [6.45, 7) is 5.90. The SMILES string of the molecule is COc1cc(C(=O)N2CCN(c3cc(N4CCOCC4)cnn3)CC2)ccn1. The first-order chi connectivity index (χ1) is 13.7. The second-order valence-electron chi connectivity index (χ2n) is 6.74. The summed E-state index contributed by atoms with van der Waals surface area (Å²) >= 11 is 0. The maximum absolute atomic E-state index is 12.7. The molecule has 0 N–H and O–H groups in total. The van der Waals surface area contributed by atoms with Gasteiger partial charge in [0, 0.05) is 63.2 Å². The van der Waals surface area contributed by atoms with Crippen LogP contribution in [0.15, 0.2) is 30.6 Å². The number of carbonyl (C=O) groups is 1. The van der Waals surface area contributed by atoms with Gasteiger partial charge in [0.25, 0.3) is 5.91 Å². The summed E-state index contributed by atoms with van der Waals surface area (Å²) in [6.07, 6.45) is 3.39. The summed E-state index contributed by atoms with van der Waals surface area (Å²) in [5.41, 5.74) is 1.66. The Hall–Kier alpha value is -2.94. The molecule has 148 valence electrons. The molecule has 0 atom stereocenters. The summed E-state index contributed by atoms with van der Waals surface area (Å²) in [6, 6.07) is 5.46.